The van der Waals surface area contributed by atoms with Crippen LogP contribution in [-0.2, 0) is 10.2 Å². The van der Waals surface area contributed by atoms with Crippen molar-refractivity contribution in [2.24, 2.45) is 0 Å². The highest BCUT2D eigenvalue weighted by Gasteiger charge is 2.43. The van der Waals surface area contributed by atoms with Crippen molar-refractivity contribution < 1.29 is 4.74 Å². The monoisotopic (exact) mass is 343 g/mol. The lowest BCUT2D eigenvalue weighted by Gasteiger charge is -2.35. The average Bonchev–Trinajstić information content (AvgIpc) is 2.79. The van der Waals surface area contributed by atoms with Crippen LogP contribution in [0.4, 0.5) is 0 Å². The molecule has 2 nitrogen and oxygen atoms in total. The van der Waals surface area contributed by atoms with Crippen LogP contribution < -0.4 is 5.32 Å². The molecule has 2 unspecified atom stereocenters. The van der Waals surface area contributed by atoms with Crippen molar-refractivity contribution in [1.82, 2.24) is 5.32 Å². The lowest BCUT2D eigenvalue weighted by Crippen LogP contribution is -2.40. The van der Waals surface area contributed by atoms with Crippen LogP contribution in [0.2, 0.25) is 0 Å². The Hall–Kier alpha value is -1.12. The van der Waals surface area contributed by atoms with Crippen molar-refractivity contribution in [3.63, 3.8) is 0 Å². The molecule has 0 aliphatic heterocycles. The maximum absolute atomic E-state index is 6.03. The van der Waals surface area contributed by atoms with Crippen molar-refractivity contribution >= 4 is 5.57 Å². The van der Waals surface area contributed by atoms with Crippen molar-refractivity contribution in [2.45, 2.75) is 79.2 Å². The van der Waals surface area contributed by atoms with E-state index in [9.17, 15) is 0 Å². The van der Waals surface area contributed by atoms with Gasteiger partial charge in [0.25, 0.3) is 0 Å². The fraction of sp³-hybridized carbons (Fsp3) is 0.652. The number of ether oxygens (including phenoxy) is 1. The van der Waals surface area contributed by atoms with Crippen LogP contribution in [0.3, 0.4) is 0 Å². The Labute approximate surface area is 155 Å². The van der Waals surface area contributed by atoms with Crippen LogP contribution in [0.5, 0.6) is 0 Å². The van der Waals surface area contributed by atoms with E-state index in [0.717, 1.165) is 26.2 Å². The summed E-state index contributed by atoms with van der Waals surface area (Å²) < 4.78 is 6.03. The zero-order chi connectivity index (χ0) is 18.6. The van der Waals surface area contributed by atoms with Crippen LogP contribution in [0.1, 0.15) is 76.1 Å². The van der Waals surface area contributed by atoms with Crippen molar-refractivity contribution in [1.29, 1.82) is 0 Å². The number of rotatable bonds is 9. The molecule has 0 saturated carbocycles. The molecule has 0 aromatic heterocycles. The molecule has 140 valence electrons. The first-order chi connectivity index (χ1) is 11.9. The first kappa shape index (κ1) is 20.2. The van der Waals surface area contributed by atoms with E-state index in [4.69, 9.17) is 4.74 Å². The Morgan fingerprint density at radius 2 is 1.84 bits per heavy atom. The Balaban J connectivity index is 2.42. The number of fused-ring (bicyclic) bond motifs is 1. The van der Waals surface area contributed by atoms with E-state index in [0.29, 0.717) is 6.04 Å². The van der Waals surface area contributed by atoms with Gasteiger partial charge in [-0.2, -0.15) is 0 Å². The highest BCUT2D eigenvalue weighted by Crippen LogP contribution is 2.50. The zero-order valence-electron chi connectivity index (χ0n) is 17.4. The van der Waals surface area contributed by atoms with Crippen molar-refractivity contribution in [3.8, 4) is 0 Å². The van der Waals surface area contributed by atoms with Gasteiger partial charge in [0.15, 0.2) is 0 Å². The molecule has 0 radical (unpaired) electrons. The highest BCUT2D eigenvalue weighted by atomic mass is 16.5. The number of hydrogen-bond donors (Lipinski definition) is 1. The molecule has 0 amide bonds. The predicted octanol–water partition coefficient (Wildman–Crippen LogP) is 5.55. The van der Waals surface area contributed by atoms with E-state index in [1.54, 1.807) is 0 Å². The Bertz CT molecular complexity index is 631. The molecule has 2 rings (SSSR count). The van der Waals surface area contributed by atoms with Crippen LogP contribution in [0, 0.1) is 13.8 Å². The first-order valence-electron chi connectivity index (χ1n) is 9.99. The number of aryl methyl sites for hydroxylation is 1. The molecule has 1 aromatic carbocycles. The number of unbranched alkanes of at least 4 members (excludes halogenated alkanes) is 1. The van der Waals surface area contributed by atoms with Gasteiger partial charge in [-0.25, -0.2) is 0 Å². The molecule has 1 aliphatic carbocycles. The molecular weight excluding hydrogens is 306 g/mol. The van der Waals surface area contributed by atoms with Gasteiger partial charge in [0, 0.05) is 18.1 Å². The molecule has 0 bridgehead atoms. The van der Waals surface area contributed by atoms with Crippen LogP contribution in [-0.4, -0.2) is 25.8 Å². The van der Waals surface area contributed by atoms with Gasteiger partial charge in [-0.15, -0.1) is 0 Å². The van der Waals surface area contributed by atoms with Gasteiger partial charge in [-0.3, -0.25) is 0 Å². The maximum atomic E-state index is 6.03. The minimum absolute atomic E-state index is 0.00647. The van der Waals surface area contributed by atoms with Gasteiger partial charge in [-0.05, 0) is 88.8 Å². The molecule has 0 spiro atoms. The molecule has 2 heteroatoms. The fourth-order valence-corrected chi connectivity index (χ4v) is 4.35. The van der Waals surface area contributed by atoms with Gasteiger partial charge in [-0.1, -0.05) is 31.1 Å². The molecule has 0 saturated heterocycles. The molecule has 1 aliphatic rings. The van der Waals surface area contributed by atoms with E-state index in [1.807, 2.05) is 0 Å². The normalized spacial score (nSPS) is 20.9. The highest BCUT2D eigenvalue weighted by molar-refractivity contribution is 5.81. The Morgan fingerprint density at radius 3 is 2.48 bits per heavy atom. The lowest BCUT2D eigenvalue weighted by atomic mass is 9.73. The summed E-state index contributed by atoms with van der Waals surface area (Å²) in [5.74, 6) is 0. The summed E-state index contributed by atoms with van der Waals surface area (Å²) in [6, 6.07) is 5.12. The van der Waals surface area contributed by atoms with Gasteiger partial charge < -0.3 is 10.1 Å². The van der Waals surface area contributed by atoms with Gasteiger partial charge in [0.2, 0.25) is 0 Å². The number of allylic oxidation sites excluding steroid dienone is 1. The number of nitrogens with one attached hydrogen (secondary N) is 1. The first-order valence-corrected chi connectivity index (χ1v) is 9.99. The summed E-state index contributed by atoms with van der Waals surface area (Å²) in [4.78, 5) is 0. The Morgan fingerprint density at radius 1 is 1.12 bits per heavy atom. The third kappa shape index (κ3) is 3.85. The van der Waals surface area contributed by atoms with E-state index in [1.165, 1.54) is 46.2 Å². The summed E-state index contributed by atoms with van der Waals surface area (Å²) in [5, 5.41) is 3.73. The number of hydrogen-bond acceptors (Lipinski definition) is 2. The van der Waals surface area contributed by atoms with Crippen LogP contribution in [0.25, 0.3) is 5.57 Å². The average molecular weight is 344 g/mol. The summed E-state index contributed by atoms with van der Waals surface area (Å²) in [6.07, 6.45) is 3.57. The molecule has 0 fully saturated rings. The molecule has 1 aromatic rings. The standard InChI is InChI=1S/C23H37NO/c1-8-10-13-24-17(4)14-23(15-25-9-2)20(7)19(6)22-18(5)16(3)11-12-21(22)23/h11-12,17,24H,8-10,13-15H2,1-7H3. The van der Waals surface area contributed by atoms with E-state index in [2.05, 4.69) is 65.9 Å². The van der Waals surface area contributed by atoms with Gasteiger partial charge in [0.05, 0.1) is 6.61 Å². The van der Waals surface area contributed by atoms with E-state index in [-0.39, 0.29) is 5.41 Å². The minimum Gasteiger partial charge on any atom is -0.380 e. The predicted molar refractivity (Wildman–Crippen MR) is 109 cm³/mol. The van der Waals surface area contributed by atoms with Gasteiger partial charge in [0.1, 0.15) is 0 Å². The quantitative estimate of drug-likeness (QED) is 0.593. The van der Waals surface area contributed by atoms with Crippen molar-refractivity contribution in [2.75, 3.05) is 19.8 Å². The molecule has 25 heavy (non-hydrogen) atoms. The van der Waals surface area contributed by atoms with E-state index < -0.39 is 0 Å². The summed E-state index contributed by atoms with van der Waals surface area (Å²) >= 11 is 0. The second-order valence-electron chi connectivity index (χ2n) is 7.81. The van der Waals surface area contributed by atoms with Gasteiger partial charge >= 0.3 is 0 Å². The second kappa shape index (κ2) is 8.51. The third-order valence-electron chi connectivity index (χ3n) is 6.14. The topological polar surface area (TPSA) is 21.3 Å². The lowest BCUT2D eigenvalue weighted by molar-refractivity contribution is 0.0984. The molecular formula is C23H37NO. The van der Waals surface area contributed by atoms with Crippen molar-refractivity contribution in [3.05, 3.63) is 40.0 Å². The summed E-state index contributed by atoms with van der Waals surface area (Å²) in [7, 11) is 0. The largest absolute Gasteiger partial charge is 0.380 e. The van der Waals surface area contributed by atoms with E-state index >= 15 is 0 Å². The Kier molecular flexibility index (Phi) is 6.87. The maximum Gasteiger partial charge on any atom is 0.0601 e. The third-order valence-corrected chi connectivity index (χ3v) is 6.14. The second-order valence-corrected chi connectivity index (χ2v) is 7.81. The number of benzene rings is 1. The minimum atomic E-state index is 0.00647. The molecule has 0 heterocycles. The fourth-order valence-electron chi connectivity index (χ4n) is 4.35. The summed E-state index contributed by atoms with van der Waals surface area (Å²) in [6.45, 7) is 18.4. The molecule has 1 N–H and O–H groups in total. The van der Waals surface area contributed by atoms with Crippen LogP contribution in [0.15, 0.2) is 17.7 Å². The SMILES string of the molecule is CCCCNC(C)CC1(COCC)C(C)=C(C)c2c1ccc(C)c2C. The zero-order valence-corrected chi connectivity index (χ0v) is 17.4. The molecule has 2 atom stereocenters. The smallest absolute Gasteiger partial charge is 0.0601 e. The summed E-state index contributed by atoms with van der Waals surface area (Å²) in [5.41, 5.74) is 8.71. The van der Waals surface area contributed by atoms with Crippen LogP contribution >= 0.6 is 0 Å².